The summed E-state index contributed by atoms with van der Waals surface area (Å²) < 4.78 is 1.10. The molecule has 4 heteroatoms. The molecule has 1 aromatic heterocycles. The minimum atomic E-state index is -0.0389. The lowest BCUT2D eigenvalue weighted by Gasteiger charge is -2.20. The molecule has 152 valence electrons. The highest BCUT2D eigenvalue weighted by atomic mass is 32.1. The average Bonchev–Trinajstić information content (AvgIpc) is 3.25. The molecule has 0 saturated carbocycles. The molecule has 3 nitrogen and oxygen atoms in total. The van der Waals surface area contributed by atoms with Crippen molar-refractivity contribution in [2.45, 2.75) is 20.4 Å². The quantitative estimate of drug-likeness (QED) is 0.315. The Hall–Kier alpha value is -3.50. The van der Waals surface area contributed by atoms with Gasteiger partial charge in [0.25, 0.3) is 5.91 Å². The monoisotopic (exact) mass is 422 g/mol. The smallest absolute Gasteiger partial charge is 0.260 e. The van der Waals surface area contributed by atoms with Crippen molar-refractivity contribution in [1.29, 1.82) is 0 Å². The van der Waals surface area contributed by atoms with Crippen molar-refractivity contribution in [2.75, 3.05) is 4.90 Å². The Morgan fingerprint density at radius 3 is 2.42 bits per heavy atom. The lowest BCUT2D eigenvalue weighted by molar-refractivity contribution is 0.0985. The van der Waals surface area contributed by atoms with E-state index in [9.17, 15) is 4.79 Å². The maximum Gasteiger partial charge on any atom is 0.260 e. The Morgan fingerprint density at radius 2 is 1.61 bits per heavy atom. The fourth-order valence-corrected chi connectivity index (χ4v) is 4.82. The lowest BCUT2D eigenvalue weighted by atomic mass is 10.1. The number of anilines is 1. The zero-order valence-electron chi connectivity index (χ0n) is 17.5. The van der Waals surface area contributed by atoms with Gasteiger partial charge >= 0.3 is 0 Å². The van der Waals surface area contributed by atoms with Gasteiger partial charge in [0, 0.05) is 5.56 Å². The van der Waals surface area contributed by atoms with Gasteiger partial charge in [-0.2, -0.15) is 0 Å². The second-order valence-corrected chi connectivity index (χ2v) is 8.80. The molecule has 0 bridgehead atoms. The summed E-state index contributed by atoms with van der Waals surface area (Å²) in [6.07, 6.45) is 0. The molecule has 0 radical (unpaired) electrons. The Labute approximate surface area is 185 Å². The van der Waals surface area contributed by atoms with Crippen LogP contribution in [0.4, 0.5) is 5.13 Å². The van der Waals surface area contributed by atoms with E-state index in [1.54, 1.807) is 16.2 Å². The molecule has 31 heavy (non-hydrogen) atoms. The molecule has 0 aliphatic heterocycles. The van der Waals surface area contributed by atoms with E-state index in [-0.39, 0.29) is 5.91 Å². The summed E-state index contributed by atoms with van der Waals surface area (Å²) in [5.41, 5.74) is 5.09. The number of rotatable bonds is 4. The van der Waals surface area contributed by atoms with Crippen LogP contribution in [0.2, 0.25) is 0 Å². The van der Waals surface area contributed by atoms with Crippen molar-refractivity contribution in [3.05, 3.63) is 107 Å². The summed E-state index contributed by atoms with van der Waals surface area (Å²) in [6, 6.07) is 28.3. The van der Waals surface area contributed by atoms with Crippen LogP contribution in [0.3, 0.4) is 0 Å². The molecule has 0 aliphatic carbocycles. The average molecular weight is 423 g/mol. The standard InChI is InChI=1S/C27H22N2OS/c1-18-12-15-24-25(19(18)2)28-27(31-24)29(17-20-8-4-3-5-9-20)26(30)23-14-13-21-10-6-7-11-22(21)16-23/h3-16H,17H2,1-2H3. The summed E-state index contributed by atoms with van der Waals surface area (Å²) in [5, 5.41) is 2.91. The Morgan fingerprint density at radius 1 is 0.871 bits per heavy atom. The Kier molecular flexibility index (Phi) is 5.00. The largest absolute Gasteiger partial charge is 0.279 e. The molecular formula is C27H22N2OS. The van der Waals surface area contributed by atoms with Crippen molar-refractivity contribution in [1.82, 2.24) is 4.98 Å². The normalized spacial score (nSPS) is 11.2. The number of aromatic nitrogens is 1. The molecule has 4 aromatic carbocycles. The second kappa shape index (κ2) is 7.97. The number of carbonyl (C=O) groups excluding carboxylic acids is 1. The van der Waals surface area contributed by atoms with E-state index in [2.05, 4.69) is 32.0 Å². The highest BCUT2D eigenvalue weighted by molar-refractivity contribution is 7.22. The molecule has 1 amide bonds. The van der Waals surface area contributed by atoms with E-state index in [0.717, 1.165) is 37.2 Å². The predicted molar refractivity (Wildman–Crippen MR) is 130 cm³/mol. The van der Waals surface area contributed by atoms with E-state index in [0.29, 0.717) is 12.1 Å². The Balaban J connectivity index is 1.61. The molecule has 5 aromatic rings. The van der Waals surface area contributed by atoms with Crippen LogP contribution < -0.4 is 4.90 Å². The number of hydrogen-bond donors (Lipinski definition) is 0. The van der Waals surface area contributed by atoms with Gasteiger partial charge in [0.1, 0.15) is 0 Å². The molecule has 0 unspecified atom stereocenters. The number of thiazole rings is 1. The number of hydrogen-bond acceptors (Lipinski definition) is 3. The second-order valence-electron chi connectivity index (χ2n) is 7.79. The zero-order chi connectivity index (χ0) is 21.4. The maximum atomic E-state index is 13.7. The number of aryl methyl sites for hydroxylation is 2. The summed E-state index contributed by atoms with van der Waals surface area (Å²) >= 11 is 1.57. The fraction of sp³-hybridized carbons (Fsp3) is 0.111. The third kappa shape index (κ3) is 3.71. The maximum absolute atomic E-state index is 13.7. The highest BCUT2D eigenvalue weighted by Gasteiger charge is 2.22. The van der Waals surface area contributed by atoms with Gasteiger partial charge in [-0.3, -0.25) is 9.69 Å². The molecule has 0 N–H and O–H groups in total. The van der Waals surface area contributed by atoms with Crippen LogP contribution in [-0.4, -0.2) is 10.9 Å². The van der Waals surface area contributed by atoms with Crippen LogP contribution in [-0.2, 0) is 6.54 Å². The van der Waals surface area contributed by atoms with E-state index < -0.39 is 0 Å². The predicted octanol–water partition coefficient (Wildman–Crippen LogP) is 6.91. The first-order valence-electron chi connectivity index (χ1n) is 10.3. The zero-order valence-corrected chi connectivity index (χ0v) is 18.3. The topological polar surface area (TPSA) is 33.2 Å². The van der Waals surface area contributed by atoms with Gasteiger partial charge in [-0.15, -0.1) is 0 Å². The minimum absolute atomic E-state index is 0.0389. The number of benzene rings is 4. The van der Waals surface area contributed by atoms with E-state index in [1.807, 2.05) is 66.7 Å². The first-order valence-corrected chi connectivity index (χ1v) is 11.1. The van der Waals surface area contributed by atoms with Gasteiger partial charge in [-0.05, 0) is 59.5 Å². The molecular weight excluding hydrogens is 400 g/mol. The summed E-state index contributed by atoms with van der Waals surface area (Å²) in [4.78, 5) is 20.4. The van der Waals surface area contributed by atoms with E-state index >= 15 is 0 Å². The molecule has 0 fully saturated rings. The van der Waals surface area contributed by atoms with Crippen LogP contribution in [0.5, 0.6) is 0 Å². The van der Waals surface area contributed by atoms with Crippen LogP contribution in [0.15, 0.2) is 84.9 Å². The number of fused-ring (bicyclic) bond motifs is 2. The van der Waals surface area contributed by atoms with Crippen molar-refractivity contribution in [3.63, 3.8) is 0 Å². The first kappa shape index (κ1) is 19.5. The molecule has 0 saturated heterocycles. The lowest BCUT2D eigenvalue weighted by Crippen LogP contribution is -2.30. The minimum Gasteiger partial charge on any atom is -0.279 e. The van der Waals surface area contributed by atoms with Crippen molar-refractivity contribution >= 4 is 43.4 Å². The van der Waals surface area contributed by atoms with Crippen LogP contribution >= 0.6 is 11.3 Å². The van der Waals surface area contributed by atoms with Crippen molar-refractivity contribution in [3.8, 4) is 0 Å². The van der Waals surface area contributed by atoms with E-state index in [1.165, 1.54) is 5.56 Å². The van der Waals surface area contributed by atoms with Crippen LogP contribution in [0.1, 0.15) is 27.0 Å². The SMILES string of the molecule is Cc1ccc2sc(N(Cc3ccccc3)C(=O)c3ccc4ccccc4c3)nc2c1C. The molecule has 0 aliphatic rings. The molecule has 1 heterocycles. The number of nitrogens with zero attached hydrogens (tertiary/aromatic N) is 2. The third-order valence-corrected chi connectivity index (χ3v) is 6.77. The van der Waals surface area contributed by atoms with Gasteiger partial charge < -0.3 is 0 Å². The van der Waals surface area contributed by atoms with Gasteiger partial charge in [0.2, 0.25) is 0 Å². The van der Waals surface area contributed by atoms with Gasteiger partial charge in [0.05, 0.1) is 16.8 Å². The van der Waals surface area contributed by atoms with Crippen molar-refractivity contribution < 1.29 is 4.79 Å². The van der Waals surface area contributed by atoms with E-state index in [4.69, 9.17) is 4.98 Å². The van der Waals surface area contributed by atoms with Crippen LogP contribution in [0, 0.1) is 13.8 Å². The first-order chi connectivity index (χ1) is 15.1. The van der Waals surface area contributed by atoms with Crippen molar-refractivity contribution in [2.24, 2.45) is 0 Å². The molecule has 0 atom stereocenters. The molecule has 0 spiro atoms. The van der Waals surface area contributed by atoms with Crippen LogP contribution in [0.25, 0.3) is 21.0 Å². The van der Waals surface area contributed by atoms with Gasteiger partial charge in [0.15, 0.2) is 5.13 Å². The fourth-order valence-electron chi connectivity index (χ4n) is 3.80. The third-order valence-electron chi connectivity index (χ3n) is 5.73. The highest BCUT2D eigenvalue weighted by Crippen LogP contribution is 2.33. The Bertz CT molecular complexity index is 1410. The van der Waals surface area contributed by atoms with Gasteiger partial charge in [-0.1, -0.05) is 78.1 Å². The summed E-state index contributed by atoms with van der Waals surface area (Å²) in [7, 11) is 0. The van der Waals surface area contributed by atoms with Gasteiger partial charge in [-0.25, -0.2) is 4.98 Å². The number of amides is 1. The summed E-state index contributed by atoms with van der Waals surface area (Å²) in [6.45, 7) is 4.66. The summed E-state index contributed by atoms with van der Waals surface area (Å²) in [5.74, 6) is -0.0389. The number of carbonyl (C=O) groups is 1. The molecule has 5 rings (SSSR count).